The zero-order valence-corrected chi connectivity index (χ0v) is 20.6. The Balaban J connectivity index is 1.37. The van der Waals surface area contributed by atoms with Gasteiger partial charge in [-0.1, -0.05) is 60.1 Å². The molecule has 0 aliphatic carbocycles. The Morgan fingerprint density at radius 3 is 2.43 bits per heavy atom. The van der Waals surface area contributed by atoms with E-state index in [-0.39, 0.29) is 5.97 Å². The summed E-state index contributed by atoms with van der Waals surface area (Å²) < 4.78 is 17.1. The van der Waals surface area contributed by atoms with Crippen molar-refractivity contribution in [3.8, 4) is 17.2 Å². The SMILES string of the molecule is CCOC(=O)C(Cc1ccc(OCCc2nc(-c3ccccc3)oc2C)cc1)c1ccccc1Cl. The van der Waals surface area contributed by atoms with Crippen molar-refractivity contribution in [2.75, 3.05) is 13.2 Å². The normalized spacial score (nSPS) is 11.7. The maximum Gasteiger partial charge on any atom is 0.313 e. The van der Waals surface area contributed by atoms with E-state index in [0.29, 0.717) is 37.0 Å². The molecule has 35 heavy (non-hydrogen) atoms. The number of aromatic nitrogens is 1. The van der Waals surface area contributed by atoms with Crippen molar-refractivity contribution in [2.24, 2.45) is 0 Å². The molecule has 0 radical (unpaired) electrons. The second-order valence-corrected chi connectivity index (χ2v) is 8.57. The van der Waals surface area contributed by atoms with Crippen LogP contribution in [0.3, 0.4) is 0 Å². The van der Waals surface area contributed by atoms with Crippen LogP contribution in [0.25, 0.3) is 11.5 Å². The Kier molecular flexibility index (Phi) is 8.22. The van der Waals surface area contributed by atoms with E-state index in [1.54, 1.807) is 13.0 Å². The van der Waals surface area contributed by atoms with Gasteiger partial charge in [0, 0.05) is 17.0 Å². The van der Waals surface area contributed by atoms with Crippen molar-refractivity contribution in [3.05, 3.63) is 106 Å². The van der Waals surface area contributed by atoms with Crippen LogP contribution in [0.4, 0.5) is 0 Å². The number of aryl methyl sites for hydroxylation is 1. The topological polar surface area (TPSA) is 61.6 Å². The van der Waals surface area contributed by atoms with Gasteiger partial charge >= 0.3 is 5.97 Å². The summed E-state index contributed by atoms with van der Waals surface area (Å²) in [6, 6.07) is 25.0. The van der Waals surface area contributed by atoms with Crippen LogP contribution in [-0.4, -0.2) is 24.2 Å². The zero-order chi connectivity index (χ0) is 24.6. The largest absolute Gasteiger partial charge is 0.493 e. The molecular weight excluding hydrogens is 462 g/mol. The van der Waals surface area contributed by atoms with Crippen molar-refractivity contribution >= 4 is 17.6 Å². The molecule has 0 fully saturated rings. The van der Waals surface area contributed by atoms with E-state index in [4.69, 9.17) is 25.5 Å². The molecule has 1 unspecified atom stereocenters. The number of hydrogen-bond acceptors (Lipinski definition) is 5. The Morgan fingerprint density at radius 2 is 1.71 bits per heavy atom. The summed E-state index contributed by atoms with van der Waals surface area (Å²) in [5, 5.41) is 0.559. The van der Waals surface area contributed by atoms with Crippen molar-refractivity contribution in [3.63, 3.8) is 0 Å². The van der Waals surface area contributed by atoms with Crippen LogP contribution in [-0.2, 0) is 22.4 Å². The average Bonchev–Trinajstić information content (AvgIpc) is 3.25. The third-order valence-corrected chi connectivity index (χ3v) is 6.08. The minimum atomic E-state index is -0.468. The van der Waals surface area contributed by atoms with Crippen LogP contribution in [0, 0.1) is 6.92 Å². The van der Waals surface area contributed by atoms with Gasteiger partial charge in [-0.15, -0.1) is 0 Å². The number of benzene rings is 3. The van der Waals surface area contributed by atoms with Gasteiger partial charge < -0.3 is 13.9 Å². The molecule has 4 aromatic rings. The van der Waals surface area contributed by atoms with Gasteiger partial charge in [0.1, 0.15) is 11.5 Å². The van der Waals surface area contributed by atoms with E-state index in [0.717, 1.165) is 33.9 Å². The quantitative estimate of drug-likeness (QED) is 0.229. The summed E-state index contributed by atoms with van der Waals surface area (Å²) in [6.45, 7) is 4.52. The van der Waals surface area contributed by atoms with Gasteiger partial charge in [0.15, 0.2) is 0 Å². The molecule has 0 aliphatic heterocycles. The fraction of sp³-hybridized carbons (Fsp3) is 0.241. The smallest absolute Gasteiger partial charge is 0.313 e. The first kappa shape index (κ1) is 24.6. The standard InChI is InChI=1S/C29H28ClNO4/c1-3-33-29(32)25(24-11-7-8-12-26(24)30)19-21-13-15-23(16-14-21)34-18-17-27-20(2)35-28(31-27)22-9-5-4-6-10-22/h4-16,25H,3,17-19H2,1-2H3. The molecule has 1 heterocycles. The molecule has 0 bridgehead atoms. The van der Waals surface area contributed by atoms with E-state index in [2.05, 4.69) is 4.98 Å². The van der Waals surface area contributed by atoms with Gasteiger partial charge in [0.2, 0.25) is 5.89 Å². The number of carbonyl (C=O) groups excluding carboxylic acids is 1. The van der Waals surface area contributed by atoms with Crippen molar-refractivity contribution in [1.29, 1.82) is 0 Å². The van der Waals surface area contributed by atoms with Gasteiger partial charge in [-0.3, -0.25) is 4.79 Å². The Morgan fingerprint density at radius 1 is 1.00 bits per heavy atom. The maximum absolute atomic E-state index is 12.6. The van der Waals surface area contributed by atoms with Crippen molar-refractivity contribution < 1.29 is 18.7 Å². The summed E-state index contributed by atoms with van der Waals surface area (Å²) >= 11 is 6.37. The van der Waals surface area contributed by atoms with Crippen molar-refractivity contribution in [1.82, 2.24) is 4.98 Å². The molecule has 0 N–H and O–H groups in total. The lowest BCUT2D eigenvalue weighted by molar-refractivity contribution is -0.144. The van der Waals surface area contributed by atoms with Crippen LogP contribution in [0.1, 0.15) is 35.4 Å². The van der Waals surface area contributed by atoms with Crippen LogP contribution < -0.4 is 4.74 Å². The van der Waals surface area contributed by atoms with Crippen LogP contribution in [0.15, 0.2) is 83.3 Å². The Hall–Kier alpha value is -3.57. The summed E-state index contributed by atoms with van der Waals surface area (Å²) in [6.07, 6.45) is 1.13. The minimum absolute atomic E-state index is 0.279. The fourth-order valence-electron chi connectivity index (χ4n) is 3.91. The van der Waals surface area contributed by atoms with E-state index in [1.165, 1.54) is 0 Å². The first-order valence-electron chi connectivity index (χ1n) is 11.7. The zero-order valence-electron chi connectivity index (χ0n) is 19.9. The number of halogens is 1. The molecule has 1 atom stereocenters. The molecule has 5 nitrogen and oxygen atoms in total. The van der Waals surface area contributed by atoms with Gasteiger partial charge in [-0.05, 0) is 61.7 Å². The fourth-order valence-corrected chi connectivity index (χ4v) is 4.18. The number of ether oxygens (including phenoxy) is 2. The number of rotatable bonds is 10. The van der Waals surface area contributed by atoms with Gasteiger partial charge in [0.25, 0.3) is 0 Å². The van der Waals surface area contributed by atoms with E-state index >= 15 is 0 Å². The highest BCUT2D eigenvalue weighted by Gasteiger charge is 2.24. The molecule has 0 spiro atoms. The molecule has 1 aromatic heterocycles. The number of oxazole rings is 1. The third kappa shape index (κ3) is 6.31. The summed E-state index contributed by atoms with van der Waals surface area (Å²) in [7, 11) is 0. The molecule has 0 saturated heterocycles. The lowest BCUT2D eigenvalue weighted by Gasteiger charge is -2.17. The Bertz CT molecular complexity index is 1250. The van der Waals surface area contributed by atoms with E-state index in [9.17, 15) is 4.79 Å². The number of nitrogens with zero attached hydrogens (tertiary/aromatic N) is 1. The highest BCUT2D eigenvalue weighted by molar-refractivity contribution is 6.31. The van der Waals surface area contributed by atoms with Gasteiger partial charge in [-0.2, -0.15) is 0 Å². The van der Waals surface area contributed by atoms with Gasteiger partial charge in [-0.25, -0.2) is 4.98 Å². The van der Waals surface area contributed by atoms with Crippen LogP contribution >= 0.6 is 11.6 Å². The summed E-state index contributed by atoms with van der Waals surface area (Å²) in [5.74, 6) is 1.43. The van der Waals surface area contributed by atoms with Crippen LogP contribution in [0.5, 0.6) is 5.75 Å². The predicted molar refractivity (Wildman–Crippen MR) is 137 cm³/mol. The first-order chi connectivity index (χ1) is 17.0. The third-order valence-electron chi connectivity index (χ3n) is 5.74. The van der Waals surface area contributed by atoms with Crippen LogP contribution in [0.2, 0.25) is 5.02 Å². The average molecular weight is 490 g/mol. The van der Waals surface area contributed by atoms with E-state index in [1.807, 2.05) is 79.7 Å². The van der Waals surface area contributed by atoms with Crippen molar-refractivity contribution in [2.45, 2.75) is 32.6 Å². The molecule has 0 amide bonds. The lowest BCUT2D eigenvalue weighted by atomic mass is 9.92. The Labute approximate surface area is 210 Å². The minimum Gasteiger partial charge on any atom is -0.493 e. The maximum atomic E-state index is 12.6. The molecule has 0 saturated carbocycles. The summed E-state index contributed by atoms with van der Waals surface area (Å²) in [4.78, 5) is 17.3. The number of hydrogen-bond donors (Lipinski definition) is 0. The molecule has 180 valence electrons. The molecule has 3 aromatic carbocycles. The highest BCUT2D eigenvalue weighted by Crippen LogP contribution is 2.29. The van der Waals surface area contributed by atoms with Gasteiger partial charge in [0.05, 0.1) is 24.8 Å². The second kappa shape index (κ2) is 11.7. The molecule has 0 aliphatic rings. The number of carbonyl (C=O) groups is 1. The molecule has 4 rings (SSSR count). The first-order valence-corrected chi connectivity index (χ1v) is 12.1. The highest BCUT2D eigenvalue weighted by atomic mass is 35.5. The summed E-state index contributed by atoms with van der Waals surface area (Å²) in [5.41, 5.74) is 3.61. The van der Waals surface area contributed by atoms with E-state index < -0.39 is 5.92 Å². The monoisotopic (exact) mass is 489 g/mol. The second-order valence-electron chi connectivity index (χ2n) is 8.16. The predicted octanol–water partition coefficient (Wildman–Crippen LogP) is 6.81. The molecule has 6 heteroatoms. The number of esters is 1. The molecular formula is C29H28ClNO4. The lowest BCUT2D eigenvalue weighted by Crippen LogP contribution is -2.18.